The third-order valence-corrected chi connectivity index (χ3v) is 5.63. The van der Waals surface area contributed by atoms with Gasteiger partial charge in [0.25, 0.3) is 0 Å². The summed E-state index contributed by atoms with van der Waals surface area (Å²) in [5.41, 5.74) is 0.318. The number of halogens is 3. The van der Waals surface area contributed by atoms with Crippen molar-refractivity contribution in [2.24, 2.45) is 4.99 Å². The zero-order valence-electron chi connectivity index (χ0n) is 17.0. The summed E-state index contributed by atoms with van der Waals surface area (Å²) in [6.07, 6.45) is 3.37. The summed E-state index contributed by atoms with van der Waals surface area (Å²) in [7, 11) is -2.94. The SMILES string of the molecule is CCNC(=NCCc1cc(F)ccc1F)NC1CCN(CCS(C)(=O)=O)CC1.I. The highest BCUT2D eigenvalue weighted by Crippen LogP contribution is 2.11. The number of piperidine rings is 1. The van der Waals surface area contributed by atoms with E-state index in [0.717, 1.165) is 38.1 Å². The monoisotopic (exact) mass is 544 g/mol. The van der Waals surface area contributed by atoms with Gasteiger partial charge in [-0.2, -0.15) is 0 Å². The van der Waals surface area contributed by atoms with Gasteiger partial charge in [-0.15, -0.1) is 24.0 Å². The number of rotatable bonds is 8. The summed E-state index contributed by atoms with van der Waals surface area (Å²) in [6.45, 7) is 5.26. The van der Waals surface area contributed by atoms with Crippen LogP contribution in [0.25, 0.3) is 0 Å². The number of likely N-dealkylation sites (tertiary alicyclic amines) is 1. The molecule has 0 saturated carbocycles. The van der Waals surface area contributed by atoms with Gasteiger partial charge in [-0.1, -0.05) is 0 Å². The Morgan fingerprint density at radius 1 is 1.28 bits per heavy atom. The van der Waals surface area contributed by atoms with Crippen LogP contribution in [0.5, 0.6) is 0 Å². The maximum absolute atomic E-state index is 13.7. The van der Waals surface area contributed by atoms with Crippen molar-refractivity contribution in [3.8, 4) is 0 Å². The summed E-state index contributed by atoms with van der Waals surface area (Å²) in [5.74, 6) is -0.0239. The fourth-order valence-electron chi connectivity index (χ4n) is 3.13. The first kappa shape index (κ1) is 26.0. The zero-order valence-corrected chi connectivity index (χ0v) is 20.1. The van der Waals surface area contributed by atoms with E-state index in [9.17, 15) is 17.2 Å². The normalized spacial score (nSPS) is 16.3. The number of guanidine groups is 1. The molecule has 0 atom stereocenters. The third kappa shape index (κ3) is 10.0. The largest absolute Gasteiger partial charge is 0.357 e. The Morgan fingerprint density at radius 2 is 1.97 bits per heavy atom. The summed E-state index contributed by atoms with van der Waals surface area (Å²) in [6, 6.07) is 3.70. The molecule has 0 spiro atoms. The van der Waals surface area contributed by atoms with E-state index in [1.807, 2.05) is 6.92 Å². The minimum atomic E-state index is -2.94. The first-order valence-corrected chi connectivity index (χ1v) is 11.7. The lowest BCUT2D eigenvalue weighted by Gasteiger charge is -2.32. The Hall–Kier alpha value is -1.01. The predicted octanol–water partition coefficient (Wildman–Crippen LogP) is 2.19. The van der Waals surface area contributed by atoms with Gasteiger partial charge in [0.1, 0.15) is 21.5 Å². The number of benzene rings is 1. The molecular formula is C19H31F2IN4O2S. The smallest absolute Gasteiger partial charge is 0.191 e. The van der Waals surface area contributed by atoms with E-state index in [-0.39, 0.29) is 35.8 Å². The molecule has 29 heavy (non-hydrogen) atoms. The molecule has 6 nitrogen and oxygen atoms in total. The van der Waals surface area contributed by atoms with E-state index in [2.05, 4.69) is 20.5 Å². The molecule has 1 saturated heterocycles. The van der Waals surface area contributed by atoms with Gasteiger partial charge in [-0.05, 0) is 49.9 Å². The first-order valence-electron chi connectivity index (χ1n) is 9.65. The molecule has 1 aromatic carbocycles. The molecule has 10 heteroatoms. The lowest BCUT2D eigenvalue weighted by atomic mass is 10.1. The topological polar surface area (TPSA) is 73.8 Å². The van der Waals surface area contributed by atoms with Crippen molar-refractivity contribution < 1.29 is 17.2 Å². The van der Waals surface area contributed by atoms with Crippen LogP contribution in [0.1, 0.15) is 25.3 Å². The minimum absolute atomic E-state index is 0. The molecule has 166 valence electrons. The Morgan fingerprint density at radius 3 is 2.59 bits per heavy atom. The Balaban J connectivity index is 0.00000420. The molecule has 0 amide bonds. The molecule has 0 aromatic heterocycles. The maximum atomic E-state index is 13.7. The number of hydrogen-bond donors (Lipinski definition) is 2. The molecule has 0 unspecified atom stereocenters. The third-order valence-electron chi connectivity index (χ3n) is 4.71. The second-order valence-electron chi connectivity index (χ2n) is 7.14. The zero-order chi connectivity index (χ0) is 20.6. The van der Waals surface area contributed by atoms with Crippen molar-refractivity contribution in [3.05, 3.63) is 35.4 Å². The second kappa shape index (κ2) is 12.6. The van der Waals surface area contributed by atoms with E-state index in [1.54, 1.807) is 0 Å². The van der Waals surface area contributed by atoms with Gasteiger partial charge >= 0.3 is 0 Å². The average Bonchev–Trinajstić information content (AvgIpc) is 2.63. The number of aliphatic imine (C=N–C) groups is 1. The van der Waals surface area contributed by atoms with Crippen LogP contribution in [-0.4, -0.2) is 70.1 Å². The molecule has 2 rings (SSSR count). The number of nitrogens with zero attached hydrogens (tertiary/aromatic N) is 2. The van der Waals surface area contributed by atoms with Crippen molar-refractivity contribution in [2.75, 3.05) is 44.7 Å². The lowest BCUT2D eigenvalue weighted by Crippen LogP contribution is -2.49. The predicted molar refractivity (Wildman–Crippen MR) is 124 cm³/mol. The molecule has 1 heterocycles. The van der Waals surface area contributed by atoms with Crippen molar-refractivity contribution in [1.82, 2.24) is 15.5 Å². The van der Waals surface area contributed by atoms with Crippen LogP contribution in [0.4, 0.5) is 8.78 Å². The van der Waals surface area contributed by atoms with E-state index in [4.69, 9.17) is 0 Å². The molecule has 1 aliphatic rings. The molecule has 0 bridgehead atoms. The summed E-state index contributed by atoms with van der Waals surface area (Å²) in [5, 5.41) is 6.56. The summed E-state index contributed by atoms with van der Waals surface area (Å²) < 4.78 is 49.5. The van der Waals surface area contributed by atoms with Crippen molar-refractivity contribution in [3.63, 3.8) is 0 Å². The fourth-order valence-corrected chi connectivity index (χ4v) is 3.72. The van der Waals surface area contributed by atoms with Gasteiger partial charge in [-0.25, -0.2) is 17.2 Å². The van der Waals surface area contributed by atoms with E-state index in [1.165, 1.54) is 12.3 Å². The maximum Gasteiger partial charge on any atom is 0.191 e. The molecule has 1 aliphatic heterocycles. The van der Waals surface area contributed by atoms with Crippen LogP contribution in [-0.2, 0) is 16.3 Å². The van der Waals surface area contributed by atoms with Gasteiger partial charge in [-0.3, -0.25) is 4.99 Å². The van der Waals surface area contributed by atoms with E-state index in [0.29, 0.717) is 37.6 Å². The first-order chi connectivity index (χ1) is 13.3. The van der Waals surface area contributed by atoms with Crippen LogP contribution < -0.4 is 10.6 Å². The van der Waals surface area contributed by atoms with E-state index >= 15 is 0 Å². The Kier molecular flexibility index (Phi) is 11.3. The average molecular weight is 544 g/mol. The molecule has 1 fully saturated rings. The van der Waals surface area contributed by atoms with Crippen LogP contribution in [0.15, 0.2) is 23.2 Å². The van der Waals surface area contributed by atoms with Gasteiger partial charge in [0, 0.05) is 45.0 Å². The number of sulfone groups is 1. The summed E-state index contributed by atoms with van der Waals surface area (Å²) >= 11 is 0. The standard InChI is InChI=1S/C19H30F2N4O2S.HI/c1-3-22-19(23-9-6-15-14-16(20)4-5-18(15)21)24-17-7-10-25(11-8-17)12-13-28(2,26)27;/h4-5,14,17H,3,6-13H2,1-2H3,(H2,22,23,24);1H. The fraction of sp³-hybridized carbons (Fsp3) is 0.632. The molecular weight excluding hydrogens is 513 g/mol. The van der Waals surface area contributed by atoms with Gasteiger partial charge in [0.05, 0.1) is 5.75 Å². The van der Waals surface area contributed by atoms with E-state index < -0.39 is 21.5 Å². The lowest BCUT2D eigenvalue weighted by molar-refractivity contribution is 0.216. The van der Waals surface area contributed by atoms with Crippen LogP contribution in [0, 0.1) is 11.6 Å². The Labute approximate surface area is 189 Å². The number of nitrogens with one attached hydrogen (secondary N) is 2. The number of hydrogen-bond acceptors (Lipinski definition) is 4. The van der Waals surface area contributed by atoms with Crippen molar-refractivity contribution in [1.29, 1.82) is 0 Å². The molecule has 0 radical (unpaired) electrons. The van der Waals surface area contributed by atoms with Gasteiger partial charge in [0.2, 0.25) is 0 Å². The minimum Gasteiger partial charge on any atom is -0.357 e. The van der Waals surface area contributed by atoms with Gasteiger partial charge < -0.3 is 15.5 Å². The molecule has 1 aromatic rings. The van der Waals surface area contributed by atoms with Crippen molar-refractivity contribution in [2.45, 2.75) is 32.2 Å². The Bertz CT molecular complexity index is 769. The van der Waals surface area contributed by atoms with Crippen LogP contribution in [0.3, 0.4) is 0 Å². The highest BCUT2D eigenvalue weighted by Gasteiger charge is 2.20. The van der Waals surface area contributed by atoms with Gasteiger partial charge in [0.15, 0.2) is 5.96 Å². The second-order valence-corrected chi connectivity index (χ2v) is 9.40. The quantitative estimate of drug-likeness (QED) is 0.298. The highest BCUT2D eigenvalue weighted by atomic mass is 127. The van der Waals surface area contributed by atoms with Crippen molar-refractivity contribution >= 4 is 39.8 Å². The van der Waals surface area contributed by atoms with Crippen LogP contribution >= 0.6 is 24.0 Å². The van der Waals surface area contributed by atoms with Crippen LogP contribution in [0.2, 0.25) is 0 Å². The molecule has 0 aliphatic carbocycles. The summed E-state index contributed by atoms with van der Waals surface area (Å²) in [4.78, 5) is 6.64. The molecule has 2 N–H and O–H groups in total. The highest BCUT2D eigenvalue weighted by molar-refractivity contribution is 14.0.